The van der Waals surface area contributed by atoms with Crippen molar-refractivity contribution < 1.29 is 4.79 Å². The van der Waals surface area contributed by atoms with E-state index in [1.807, 2.05) is 4.90 Å². The number of carbonyl (C=O) groups is 1. The first kappa shape index (κ1) is 9.81. The van der Waals surface area contributed by atoms with Gasteiger partial charge in [-0.05, 0) is 18.8 Å². The summed E-state index contributed by atoms with van der Waals surface area (Å²) < 4.78 is 0. The van der Waals surface area contributed by atoms with Crippen molar-refractivity contribution in [3.05, 3.63) is 0 Å². The predicted octanol–water partition coefficient (Wildman–Crippen LogP) is 0.378. The summed E-state index contributed by atoms with van der Waals surface area (Å²) in [5, 5.41) is 0. The highest BCUT2D eigenvalue weighted by Gasteiger charge is 2.31. The molecule has 0 unspecified atom stereocenters. The molecule has 1 saturated heterocycles. The highest BCUT2D eigenvalue weighted by molar-refractivity contribution is 5.85. The van der Waals surface area contributed by atoms with E-state index in [0.29, 0.717) is 11.8 Å². The molecule has 0 bridgehead atoms. The van der Waals surface area contributed by atoms with Gasteiger partial charge >= 0.3 is 0 Å². The second kappa shape index (κ2) is 3.62. The van der Waals surface area contributed by atoms with E-state index >= 15 is 0 Å². The summed E-state index contributed by atoms with van der Waals surface area (Å²) in [7, 11) is 0. The first-order valence-corrected chi connectivity index (χ1v) is 4.29. The number of nitrogens with zero attached hydrogens (tertiary/aromatic N) is 1. The zero-order chi connectivity index (χ0) is 7.84. The van der Waals surface area contributed by atoms with Crippen molar-refractivity contribution >= 4 is 18.3 Å². The summed E-state index contributed by atoms with van der Waals surface area (Å²) >= 11 is 0. The third-order valence-electron chi connectivity index (χ3n) is 2.42. The van der Waals surface area contributed by atoms with Gasteiger partial charge in [-0.25, -0.2) is 0 Å². The number of carbonyl (C=O) groups excluding carboxylic acids is 1. The Morgan fingerprint density at radius 1 is 1.42 bits per heavy atom. The fraction of sp³-hybridized carbons (Fsp3) is 0.875. The topological polar surface area (TPSA) is 46.3 Å². The second-order valence-corrected chi connectivity index (χ2v) is 3.71. The van der Waals surface area contributed by atoms with E-state index in [1.165, 1.54) is 12.8 Å². The molecule has 0 spiro atoms. The van der Waals surface area contributed by atoms with Crippen molar-refractivity contribution in [2.75, 3.05) is 13.1 Å². The van der Waals surface area contributed by atoms with Gasteiger partial charge in [0.2, 0.25) is 5.91 Å². The first-order chi connectivity index (χ1) is 5.25. The Labute approximate surface area is 78.7 Å². The van der Waals surface area contributed by atoms with Gasteiger partial charge in [0, 0.05) is 25.6 Å². The molecule has 12 heavy (non-hydrogen) atoms. The molecule has 1 saturated carbocycles. The van der Waals surface area contributed by atoms with Crippen LogP contribution in [0, 0.1) is 5.92 Å². The normalized spacial score (nSPS) is 22.9. The summed E-state index contributed by atoms with van der Waals surface area (Å²) in [6.45, 7) is 1.57. The average Bonchev–Trinajstić information content (AvgIpc) is 2.64. The van der Waals surface area contributed by atoms with Gasteiger partial charge in [0.05, 0.1) is 0 Å². The number of hydrogen-bond acceptors (Lipinski definition) is 2. The molecule has 0 atom stereocenters. The van der Waals surface area contributed by atoms with Gasteiger partial charge in [-0.15, -0.1) is 12.4 Å². The Morgan fingerprint density at radius 2 is 2.00 bits per heavy atom. The van der Waals surface area contributed by atoms with Crippen molar-refractivity contribution in [3.63, 3.8) is 0 Å². The molecule has 0 aromatic rings. The van der Waals surface area contributed by atoms with Gasteiger partial charge in [-0.1, -0.05) is 0 Å². The van der Waals surface area contributed by atoms with Gasteiger partial charge < -0.3 is 10.6 Å². The van der Waals surface area contributed by atoms with Crippen molar-refractivity contribution in [3.8, 4) is 0 Å². The van der Waals surface area contributed by atoms with Crippen LogP contribution < -0.4 is 5.73 Å². The fourth-order valence-corrected chi connectivity index (χ4v) is 1.41. The SMILES string of the molecule is Cl.NC1CN(C(=O)CC2CC2)C1. The van der Waals surface area contributed by atoms with Crippen LogP contribution in [0.2, 0.25) is 0 Å². The molecule has 2 rings (SSSR count). The highest BCUT2D eigenvalue weighted by Crippen LogP contribution is 2.33. The zero-order valence-corrected chi connectivity index (χ0v) is 7.85. The summed E-state index contributed by atoms with van der Waals surface area (Å²) in [6, 6.07) is 0.248. The number of nitrogens with two attached hydrogens (primary N) is 1. The van der Waals surface area contributed by atoms with Crippen LogP contribution in [0.1, 0.15) is 19.3 Å². The Kier molecular flexibility index (Phi) is 2.96. The molecule has 1 amide bonds. The Balaban J connectivity index is 0.000000720. The van der Waals surface area contributed by atoms with Gasteiger partial charge in [0.25, 0.3) is 0 Å². The molecule has 0 radical (unpaired) electrons. The molecule has 2 aliphatic rings. The van der Waals surface area contributed by atoms with E-state index in [4.69, 9.17) is 5.73 Å². The smallest absolute Gasteiger partial charge is 0.222 e. The van der Waals surface area contributed by atoms with Gasteiger partial charge in [0.15, 0.2) is 0 Å². The maximum atomic E-state index is 11.3. The van der Waals surface area contributed by atoms with Gasteiger partial charge in [-0.2, -0.15) is 0 Å². The van der Waals surface area contributed by atoms with E-state index in [2.05, 4.69) is 0 Å². The molecule has 2 fully saturated rings. The minimum Gasteiger partial charge on any atom is -0.339 e. The van der Waals surface area contributed by atoms with Crippen LogP contribution in [-0.4, -0.2) is 29.9 Å². The molecule has 3 nitrogen and oxygen atoms in total. The minimum atomic E-state index is 0. The predicted molar refractivity (Wildman–Crippen MR) is 49.1 cm³/mol. The zero-order valence-electron chi connectivity index (χ0n) is 7.03. The summed E-state index contributed by atoms with van der Waals surface area (Å²) in [5.74, 6) is 1.02. The number of likely N-dealkylation sites (tertiary alicyclic amines) is 1. The lowest BCUT2D eigenvalue weighted by molar-refractivity contribution is -0.135. The van der Waals surface area contributed by atoms with E-state index in [9.17, 15) is 4.79 Å². The molecule has 2 N–H and O–H groups in total. The fourth-order valence-electron chi connectivity index (χ4n) is 1.41. The largest absolute Gasteiger partial charge is 0.339 e. The van der Waals surface area contributed by atoms with Crippen molar-refractivity contribution in [2.24, 2.45) is 11.7 Å². The minimum absolute atomic E-state index is 0. The lowest BCUT2D eigenvalue weighted by atomic mass is 10.1. The maximum absolute atomic E-state index is 11.3. The highest BCUT2D eigenvalue weighted by atomic mass is 35.5. The van der Waals surface area contributed by atoms with E-state index in [1.54, 1.807) is 0 Å². The van der Waals surface area contributed by atoms with Crippen LogP contribution in [0.3, 0.4) is 0 Å². The maximum Gasteiger partial charge on any atom is 0.222 e. The van der Waals surface area contributed by atoms with E-state index in [0.717, 1.165) is 19.5 Å². The number of amides is 1. The van der Waals surface area contributed by atoms with E-state index < -0.39 is 0 Å². The van der Waals surface area contributed by atoms with Crippen LogP contribution in [-0.2, 0) is 4.79 Å². The molecule has 1 aliphatic carbocycles. The molecule has 1 heterocycles. The van der Waals surface area contributed by atoms with Crippen LogP contribution >= 0.6 is 12.4 Å². The lowest BCUT2D eigenvalue weighted by Crippen LogP contribution is -2.57. The van der Waals surface area contributed by atoms with Crippen LogP contribution in [0.15, 0.2) is 0 Å². The van der Waals surface area contributed by atoms with Crippen molar-refractivity contribution in [1.82, 2.24) is 4.90 Å². The molecule has 70 valence electrons. The van der Waals surface area contributed by atoms with Crippen LogP contribution in [0.4, 0.5) is 0 Å². The third-order valence-corrected chi connectivity index (χ3v) is 2.42. The quantitative estimate of drug-likeness (QED) is 0.685. The molecular weight excluding hydrogens is 176 g/mol. The molecule has 1 aliphatic heterocycles. The first-order valence-electron chi connectivity index (χ1n) is 4.29. The number of halogens is 1. The third kappa shape index (κ3) is 2.11. The molecular formula is C8H15ClN2O. The monoisotopic (exact) mass is 190 g/mol. The molecule has 0 aromatic carbocycles. The summed E-state index contributed by atoms with van der Waals surface area (Å²) in [4.78, 5) is 13.2. The van der Waals surface area contributed by atoms with Gasteiger partial charge in [0.1, 0.15) is 0 Å². The Morgan fingerprint density at radius 3 is 2.42 bits per heavy atom. The Bertz CT molecular complexity index is 176. The van der Waals surface area contributed by atoms with E-state index in [-0.39, 0.29) is 18.4 Å². The molecule has 0 aromatic heterocycles. The summed E-state index contributed by atoms with van der Waals surface area (Å²) in [5.41, 5.74) is 5.56. The van der Waals surface area contributed by atoms with Crippen molar-refractivity contribution in [2.45, 2.75) is 25.3 Å². The average molecular weight is 191 g/mol. The van der Waals surface area contributed by atoms with Gasteiger partial charge in [-0.3, -0.25) is 4.79 Å². The molecule has 4 heteroatoms. The standard InChI is InChI=1S/C8H14N2O.ClH/c9-7-4-10(5-7)8(11)3-6-1-2-6;/h6-7H,1-5,9H2;1H. The lowest BCUT2D eigenvalue weighted by Gasteiger charge is -2.36. The van der Waals surface area contributed by atoms with Crippen molar-refractivity contribution in [1.29, 1.82) is 0 Å². The number of rotatable bonds is 2. The summed E-state index contributed by atoms with van der Waals surface area (Å²) in [6.07, 6.45) is 3.28. The van der Waals surface area contributed by atoms with Crippen LogP contribution in [0.25, 0.3) is 0 Å². The Hall–Kier alpha value is -0.280. The van der Waals surface area contributed by atoms with Crippen LogP contribution in [0.5, 0.6) is 0 Å². The number of hydrogen-bond donors (Lipinski definition) is 1. The second-order valence-electron chi connectivity index (χ2n) is 3.71.